The van der Waals surface area contributed by atoms with E-state index in [0.717, 1.165) is 5.56 Å². The lowest BCUT2D eigenvalue weighted by atomic mass is 10.2. The van der Waals surface area contributed by atoms with Crippen molar-refractivity contribution in [2.24, 2.45) is 5.73 Å². The highest BCUT2D eigenvalue weighted by Gasteiger charge is 2.06. The molecule has 0 aliphatic rings. The van der Waals surface area contributed by atoms with Crippen LogP contribution in [-0.4, -0.2) is 41.6 Å². The van der Waals surface area contributed by atoms with Crippen LogP contribution in [0.15, 0.2) is 30.3 Å². The molecule has 6 heteroatoms. The van der Waals surface area contributed by atoms with E-state index in [4.69, 9.17) is 20.7 Å². The van der Waals surface area contributed by atoms with Gasteiger partial charge in [-0.2, -0.15) is 0 Å². The van der Waals surface area contributed by atoms with E-state index in [9.17, 15) is 4.79 Å². The van der Waals surface area contributed by atoms with Gasteiger partial charge < -0.3 is 26.0 Å². The third-order valence-corrected chi connectivity index (χ3v) is 2.14. The molecule has 6 nitrogen and oxygen atoms in total. The van der Waals surface area contributed by atoms with Crippen molar-refractivity contribution in [1.29, 1.82) is 0 Å². The second kappa shape index (κ2) is 11.2. The second-order valence-electron chi connectivity index (χ2n) is 4.45. The van der Waals surface area contributed by atoms with Gasteiger partial charge in [-0.15, -0.1) is 0 Å². The van der Waals surface area contributed by atoms with Gasteiger partial charge in [0, 0.05) is 6.04 Å². The van der Waals surface area contributed by atoms with Crippen LogP contribution in [0.1, 0.15) is 19.4 Å². The molecule has 20 heavy (non-hydrogen) atoms. The quantitative estimate of drug-likeness (QED) is 0.634. The van der Waals surface area contributed by atoms with Crippen LogP contribution in [0, 0.1) is 0 Å². The third kappa shape index (κ3) is 10.3. The fraction of sp³-hybridized carbons (Fsp3) is 0.500. The Balaban J connectivity index is 0.000000621. The van der Waals surface area contributed by atoms with Crippen LogP contribution in [-0.2, 0) is 11.3 Å². The molecular weight excluding hydrogens is 260 g/mol. The number of carbonyl (C=O) groups is 1. The highest BCUT2D eigenvalue weighted by Crippen LogP contribution is 2.00. The SMILES string of the molecule is CC(CO)NC(=O)OCc1ccccc1.CC(N)CO. The molecule has 0 aliphatic carbocycles. The lowest BCUT2D eigenvalue weighted by Crippen LogP contribution is -2.35. The summed E-state index contributed by atoms with van der Waals surface area (Å²) < 4.78 is 4.94. The maximum Gasteiger partial charge on any atom is 0.407 e. The normalized spacial score (nSPS) is 12.7. The summed E-state index contributed by atoms with van der Waals surface area (Å²) in [6.07, 6.45) is -0.514. The molecule has 1 rings (SSSR count). The van der Waals surface area contributed by atoms with Gasteiger partial charge in [0.15, 0.2) is 0 Å². The smallest absolute Gasteiger partial charge is 0.407 e. The highest BCUT2D eigenvalue weighted by molar-refractivity contribution is 5.67. The summed E-state index contributed by atoms with van der Waals surface area (Å²) in [7, 11) is 0. The van der Waals surface area contributed by atoms with E-state index in [0.29, 0.717) is 0 Å². The second-order valence-corrected chi connectivity index (χ2v) is 4.45. The van der Waals surface area contributed by atoms with Crippen LogP contribution in [0.4, 0.5) is 4.79 Å². The maximum atomic E-state index is 11.1. The van der Waals surface area contributed by atoms with Gasteiger partial charge in [0.05, 0.1) is 19.3 Å². The number of alkyl carbamates (subject to hydrolysis) is 1. The number of nitrogens with two attached hydrogens (primary N) is 1. The molecule has 0 spiro atoms. The molecular formula is C14H24N2O4. The molecule has 5 N–H and O–H groups in total. The van der Waals surface area contributed by atoms with E-state index >= 15 is 0 Å². The minimum absolute atomic E-state index is 0.0602. The average Bonchev–Trinajstić information content (AvgIpc) is 2.46. The summed E-state index contributed by atoms with van der Waals surface area (Å²) in [6, 6.07) is 9.08. The number of aliphatic hydroxyl groups is 2. The molecule has 1 aromatic rings. The molecule has 0 saturated heterocycles. The topological polar surface area (TPSA) is 105 Å². The standard InChI is InChI=1S/C11H15NO3.C3H9NO/c1-9(7-13)12-11(14)15-8-10-5-3-2-4-6-10;1-3(4)2-5/h2-6,9,13H,7-8H2,1H3,(H,12,14);3,5H,2,4H2,1H3. The molecule has 0 fully saturated rings. The Morgan fingerprint density at radius 1 is 1.25 bits per heavy atom. The van der Waals surface area contributed by atoms with Crippen LogP contribution in [0.25, 0.3) is 0 Å². The predicted molar refractivity (Wildman–Crippen MR) is 77.0 cm³/mol. The molecule has 0 aliphatic heterocycles. The summed E-state index contributed by atoms with van der Waals surface area (Å²) in [6.45, 7) is 3.68. The van der Waals surface area contributed by atoms with Crippen molar-refractivity contribution in [3.05, 3.63) is 35.9 Å². The van der Waals surface area contributed by atoms with Crippen LogP contribution < -0.4 is 11.1 Å². The van der Waals surface area contributed by atoms with Crippen molar-refractivity contribution < 1.29 is 19.7 Å². The van der Waals surface area contributed by atoms with E-state index < -0.39 is 6.09 Å². The molecule has 114 valence electrons. The van der Waals surface area contributed by atoms with Gasteiger partial charge in [-0.05, 0) is 19.4 Å². The Hall–Kier alpha value is -1.63. The monoisotopic (exact) mass is 284 g/mol. The number of hydrogen-bond donors (Lipinski definition) is 4. The van der Waals surface area contributed by atoms with Crippen molar-refractivity contribution in [2.75, 3.05) is 13.2 Å². The molecule has 0 heterocycles. The Bertz CT molecular complexity index is 357. The first-order valence-electron chi connectivity index (χ1n) is 6.44. The van der Waals surface area contributed by atoms with Gasteiger partial charge in [0.2, 0.25) is 0 Å². The van der Waals surface area contributed by atoms with Gasteiger partial charge in [-0.25, -0.2) is 4.79 Å². The first-order chi connectivity index (χ1) is 9.49. The zero-order valence-corrected chi connectivity index (χ0v) is 12.0. The number of hydrogen-bond acceptors (Lipinski definition) is 5. The molecule has 2 atom stereocenters. The molecule has 2 unspecified atom stereocenters. The zero-order chi connectivity index (χ0) is 15.4. The van der Waals surface area contributed by atoms with E-state index in [-0.39, 0.29) is 31.9 Å². The van der Waals surface area contributed by atoms with E-state index in [1.165, 1.54) is 0 Å². The van der Waals surface area contributed by atoms with Crippen LogP contribution in [0.5, 0.6) is 0 Å². The minimum atomic E-state index is -0.514. The first-order valence-corrected chi connectivity index (χ1v) is 6.44. The lowest BCUT2D eigenvalue weighted by Gasteiger charge is -2.10. The number of aliphatic hydroxyl groups excluding tert-OH is 2. The summed E-state index contributed by atoms with van der Waals surface area (Å²) in [5.74, 6) is 0. The number of amides is 1. The summed E-state index contributed by atoms with van der Waals surface area (Å²) in [5, 5.41) is 19.2. The molecule has 1 aromatic carbocycles. The zero-order valence-electron chi connectivity index (χ0n) is 12.0. The van der Waals surface area contributed by atoms with Crippen molar-refractivity contribution in [2.45, 2.75) is 32.5 Å². The van der Waals surface area contributed by atoms with Crippen molar-refractivity contribution >= 4 is 6.09 Å². The van der Waals surface area contributed by atoms with Crippen molar-refractivity contribution in [1.82, 2.24) is 5.32 Å². The molecule has 0 saturated carbocycles. The Labute approximate surface area is 119 Å². The van der Waals surface area contributed by atoms with Crippen molar-refractivity contribution in [3.63, 3.8) is 0 Å². The summed E-state index contributed by atoms with van der Waals surface area (Å²) >= 11 is 0. The van der Waals surface area contributed by atoms with Gasteiger partial charge >= 0.3 is 6.09 Å². The van der Waals surface area contributed by atoms with E-state index in [1.54, 1.807) is 13.8 Å². The number of carbonyl (C=O) groups excluding carboxylic acids is 1. The van der Waals surface area contributed by atoms with Gasteiger partial charge in [-0.1, -0.05) is 30.3 Å². The lowest BCUT2D eigenvalue weighted by molar-refractivity contribution is 0.131. The number of benzene rings is 1. The van der Waals surface area contributed by atoms with Crippen molar-refractivity contribution in [3.8, 4) is 0 Å². The minimum Gasteiger partial charge on any atom is -0.445 e. The molecule has 0 bridgehead atoms. The molecule has 0 radical (unpaired) electrons. The highest BCUT2D eigenvalue weighted by atomic mass is 16.5. The summed E-state index contributed by atoms with van der Waals surface area (Å²) in [5.41, 5.74) is 5.98. The largest absolute Gasteiger partial charge is 0.445 e. The van der Waals surface area contributed by atoms with Gasteiger partial charge in [-0.3, -0.25) is 0 Å². The van der Waals surface area contributed by atoms with E-state index in [2.05, 4.69) is 5.32 Å². The maximum absolute atomic E-state index is 11.1. The molecule has 1 amide bonds. The van der Waals surface area contributed by atoms with Crippen LogP contribution in [0.2, 0.25) is 0 Å². The number of rotatable bonds is 5. The average molecular weight is 284 g/mol. The van der Waals surface area contributed by atoms with Gasteiger partial charge in [0.1, 0.15) is 6.61 Å². The number of ether oxygens (including phenoxy) is 1. The fourth-order valence-electron chi connectivity index (χ4n) is 1.01. The Morgan fingerprint density at radius 2 is 1.80 bits per heavy atom. The van der Waals surface area contributed by atoms with E-state index in [1.807, 2.05) is 30.3 Å². The van der Waals surface area contributed by atoms with Crippen LogP contribution in [0.3, 0.4) is 0 Å². The van der Waals surface area contributed by atoms with Crippen LogP contribution >= 0.6 is 0 Å². The molecule has 0 aromatic heterocycles. The third-order valence-electron chi connectivity index (χ3n) is 2.14. The number of nitrogens with one attached hydrogen (secondary N) is 1. The summed E-state index contributed by atoms with van der Waals surface area (Å²) in [4.78, 5) is 11.1. The fourth-order valence-corrected chi connectivity index (χ4v) is 1.01. The Kier molecular flexibility index (Phi) is 10.3. The predicted octanol–water partition coefficient (Wildman–Crippen LogP) is 0.620. The first kappa shape index (κ1) is 18.4. The Morgan fingerprint density at radius 3 is 2.25 bits per heavy atom. The van der Waals surface area contributed by atoms with Gasteiger partial charge in [0.25, 0.3) is 0 Å².